The van der Waals surface area contributed by atoms with E-state index in [9.17, 15) is 51.1 Å². The Balaban J connectivity index is 1.20. The van der Waals surface area contributed by atoms with E-state index in [0.29, 0.717) is 35.5 Å². The molecule has 2 unspecified atom stereocenters. The molecule has 10 N–H and O–H groups in total. The van der Waals surface area contributed by atoms with Crippen LogP contribution in [0.1, 0.15) is 37.8 Å². The summed E-state index contributed by atoms with van der Waals surface area (Å²) in [7, 11) is 0. The van der Waals surface area contributed by atoms with Gasteiger partial charge in [0.15, 0.2) is 12.6 Å². The maximum absolute atomic E-state index is 11.5. The molecule has 0 bridgehead atoms. The third-order valence-electron chi connectivity index (χ3n) is 9.16. The van der Waals surface area contributed by atoms with Gasteiger partial charge in [0.05, 0.1) is 39.6 Å². The zero-order valence-corrected chi connectivity index (χ0v) is 28.0. The van der Waals surface area contributed by atoms with E-state index in [0.717, 1.165) is 0 Å². The lowest BCUT2D eigenvalue weighted by Gasteiger charge is -2.39. The van der Waals surface area contributed by atoms with E-state index in [1.165, 1.54) is 13.8 Å². The van der Waals surface area contributed by atoms with Crippen LogP contribution < -0.4 is 9.47 Å². The lowest BCUT2D eigenvalue weighted by Crippen LogP contribution is -2.59. The molecule has 282 valence electrons. The van der Waals surface area contributed by atoms with Crippen LogP contribution in [0.4, 0.5) is 0 Å². The molecule has 0 saturated carbocycles. The zero-order chi connectivity index (χ0) is 36.6. The topological polar surface area (TPSA) is 258 Å². The lowest BCUT2D eigenvalue weighted by atomic mass is 9.76. The first-order valence-electron chi connectivity index (χ1n) is 16.5. The summed E-state index contributed by atoms with van der Waals surface area (Å²) >= 11 is 0. The van der Waals surface area contributed by atoms with Crippen LogP contribution in [0, 0.1) is 0 Å². The molecule has 0 radical (unpaired) electrons. The third-order valence-corrected chi connectivity index (χ3v) is 9.16. The fourth-order valence-electron chi connectivity index (χ4n) is 5.62. The van der Waals surface area contributed by atoms with Crippen molar-refractivity contribution < 1.29 is 79.5 Å². The number of hydrogen-bond donors (Lipinski definition) is 10. The summed E-state index contributed by atoms with van der Waals surface area (Å²) in [5, 5.41) is 101. The minimum absolute atomic E-state index is 0.0993. The highest BCUT2D eigenvalue weighted by Crippen LogP contribution is 2.41. The quantitative estimate of drug-likeness (QED) is 0.0793. The van der Waals surface area contributed by atoms with Crippen LogP contribution in [0.2, 0.25) is 0 Å². The van der Waals surface area contributed by atoms with E-state index in [1.807, 2.05) is 0 Å². The van der Waals surface area contributed by atoms with Gasteiger partial charge in [-0.25, -0.2) is 0 Å². The van der Waals surface area contributed by atoms with Crippen LogP contribution in [0.5, 0.6) is 11.5 Å². The Morgan fingerprint density at radius 2 is 0.860 bits per heavy atom. The fourth-order valence-corrected chi connectivity index (χ4v) is 5.62. The highest BCUT2D eigenvalue weighted by molar-refractivity contribution is 5.38. The van der Waals surface area contributed by atoms with E-state index in [1.54, 1.807) is 48.5 Å². The van der Waals surface area contributed by atoms with Gasteiger partial charge in [-0.2, -0.15) is 0 Å². The summed E-state index contributed by atoms with van der Waals surface area (Å²) in [4.78, 5) is 0. The minimum Gasteiger partial charge on any atom is -0.494 e. The molecule has 50 heavy (non-hydrogen) atoms. The normalized spacial score (nSPS) is 32.6. The third kappa shape index (κ3) is 9.28. The Labute approximate surface area is 289 Å². The molecular weight excluding hydrogens is 664 g/mol. The van der Waals surface area contributed by atoms with Gasteiger partial charge in [0.1, 0.15) is 71.5 Å². The second-order valence-corrected chi connectivity index (χ2v) is 12.7. The van der Waals surface area contributed by atoms with Crippen LogP contribution in [-0.2, 0) is 30.1 Å². The monoisotopic (exact) mass is 714 g/mol. The largest absolute Gasteiger partial charge is 0.494 e. The van der Waals surface area contributed by atoms with E-state index in [4.69, 9.17) is 28.4 Å². The second kappa shape index (κ2) is 17.8. The molecular formula is C34H50O16. The number of ether oxygens (including phenoxy) is 6. The van der Waals surface area contributed by atoms with Gasteiger partial charge in [-0.1, -0.05) is 24.3 Å². The predicted molar refractivity (Wildman–Crippen MR) is 172 cm³/mol. The molecule has 0 amide bonds. The lowest BCUT2D eigenvalue weighted by molar-refractivity contribution is -0.301. The van der Waals surface area contributed by atoms with E-state index >= 15 is 0 Å². The Bertz CT molecular complexity index is 1190. The summed E-state index contributed by atoms with van der Waals surface area (Å²) in [6.07, 6.45) is -12.7. The van der Waals surface area contributed by atoms with Crippen molar-refractivity contribution in [1.82, 2.24) is 0 Å². The van der Waals surface area contributed by atoms with Gasteiger partial charge in [-0.15, -0.1) is 0 Å². The molecule has 0 spiro atoms. The van der Waals surface area contributed by atoms with Crippen molar-refractivity contribution in [2.24, 2.45) is 0 Å². The van der Waals surface area contributed by atoms with Gasteiger partial charge in [-0.05, 0) is 49.2 Å². The molecule has 0 aromatic heterocycles. The Morgan fingerprint density at radius 1 is 0.520 bits per heavy atom. The number of aliphatic hydroxyl groups is 10. The minimum atomic E-state index is -1.71. The molecule has 2 aliphatic heterocycles. The smallest absolute Gasteiger partial charge is 0.186 e. The van der Waals surface area contributed by atoms with Gasteiger partial charge in [0.2, 0.25) is 0 Å². The number of hydrogen-bond acceptors (Lipinski definition) is 16. The van der Waals surface area contributed by atoms with Gasteiger partial charge in [0.25, 0.3) is 0 Å². The Morgan fingerprint density at radius 3 is 1.18 bits per heavy atom. The first-order valence-corrected chi connectivity index (χ1v) is 16.5. The average Bonchev–Trinajstić information content (AvgIpc) is 3.11. The second-order valence-electron chi connectivity index (χ2n) is 12.7. The first-order chi connectivity index (χ1) is 23.7. The highest BCUT2D eigenvalue weighted by atomic mass is 16.7. The summed E-state index contributed by atoms with van der Waals surface area (Å²) in [6.45, 7) is 2.55. The van der Waals surface area contributed by atoms with Crippen molar-refractivity contribution in [2.45, 2.75) is 99.3 Å². The zero-order valence-electron chi connectivity index (χ0n) is 28.0. The van der Waals surface area contributed by atoms with Crippen LogP contribution >= 0.6 is 0 Å². The number of benzene rings is 2. The summed E-state index contributed by atoms with van der Waals surface area (Å²) in [5.41, 5.74) is -2.56. The Hall–Kier alpha value is -2.52. The van der Waals surface area contributed by atoms with Crippen molar-refractivity contribution in [3.8, 4) is 11.5 Å². The average molecular weight is 715 g/mol. The maximum atomic E-state index is 11.5. The van der Waals surface area contributed by atoms with Crippen molar-refractivity contribution in [2.75, 3.05) is 39.6 Å². The standard InChI is InChI=1S/C34H50O16/c1-33(43,19-5-9-21(10-6-19)45-13-3-15-47-31-29(41)27(39)25(37)23(17-35)49-31)34(2,44)20-7-11-22(12-8-20)46-14-4-16-48-32-30(42)28(40)26(38)24(18-36)50-32/h5-12,23-32,35-44H,3-4,13-18H2,1-2H3/t23-,24-,25-,26-,27+,28+,29-,30-,31-,32-,33?,34?/m1/s1. The molecule has 4 rings (SSSR count). The molecule has 16 heteroatoms. The van der Waals surface area contributed by atoms with Crippen LogP contribution in [0.25, 0.3) is 0 Å². The number of rotatable bonds is 17. The SMILES string of the molecule is CC(O)(c1ccc(OCCCO[C@@H]2O[C@H](CO)[C@@H](O)[C@H](O)[C@H]2O)cc1)C(C)(O)c1ccc(OCCCO[C@@H]2O[C@H](CO)[C@@H](O)[C@H](O)[C@H]2O)cc1. The summed E-state index contributed by atoms with van der Waals surface area (Å²) in [6, 6.07) is 13.1. The summed E-state index contributed by atoms with van der Waals surface area (Å²) in [5.74, 6) is 0.995. The maximum Gasteiger partial charge on any atom is 0.186 e. The molecule has 16 nitrogen and oxygen atoms in total. The molecule has 12 atom stereocenters. The Kier molecular flexibility index (Phi) is 14.3. The van der Waals surface area contributed by atoms with E-state index < -0.39 is 85.8 Å². The molecule has 2 aromatic rings. The first kappa shape index (κ1) is 40.3. The van der Waals surface area contributed by atoms with Crippen molar-refractivity contribution in [3.63, 3.8) is 0 Å². The van der Waals surface area contributed by atoms with Gasteiger partial charge in [-0.3, -0.25) is 0 Å². The molecule has 2 aromatic carbocycles. The van der Waals surface area contributed by atoms with Crippen molar-refractivity contribution in [3.05, 3.63) is 59.7 Å². The van der Waals surface area contributed by atoms with E-state index in [2.05, 4.69) is 0 Å². The van der Waals surface area contributed by atoms with Gasteiger partial charge >= 0.3 is 0 Å². The predicted octanol–water partition coefficient (Wildman–Crippen LogP) is -2.03. The summed E-state index contributed by atoms with van der Waals surface area (Å²) < 4.78 is 33.0. The van der Waals surface area contributed by atoms with Crippen molar-refractivity contribution >= 4 is 0 Å². The molecule has 2 fully saturated rings. The van der Waals surface area contributed by atoms with Crippen molar-refractivity contribution in [1.29, 1.82) is 0 Å². The van der Waals surface area contributed by atoms with Crippen LogP contribution in [0.15, 0.2) is 48.5 Å². The molecule has 2 saturated heterocycles. The highest BCUT2D eigenvalue weighted by Gasteiger charge is 2.46. The van der Waals surface area contributed by atoms with Gasteiger partial charge < -0.3 is 79.5 Å². The van der Waals surface area contributed by atoms with Crippen LogP contribution in [-0.4, -0.2) is 152 Å². The fraction of sp³-hybridized carbons (Fsp3) is 0.647. The van der Waals surface area contributed by atoms with Crippen LogP contribution in [0.3, 0.4) is 0 Å². The molecule has 0 aliphatic carbocycles. The van der Waals surface area contributed by atoms with E-state index in [-0.39, 0.29) is 26.4 Å². The number of aliphatic hydroxyl groups excluding tert-OH is 8. The van der Waals surface area contributed by atoms with Gasteiger partial charge in [0, 0.05) is 12.8 Å². The molecule has 2 heterocycles. The molecule has 2 aliphatic rings.